The van der Waals surface area contributed by atoms with Gasteiger partial charge in [0.15, 0.2) is 5.96 Å². The van der Waals surface area contributed by atoms with Gasteiger partial charge in [-0.25, -0.2) is 9.37 Å². The van der Waals surface area contributed by atoms with Gasteiger partial charge in [0.1, 0.15) is 5.82 Å². The quantitative estimate of drug-likeness (QED) is 0.428. The minimum absolute atomic E-state index is 0.221. The maximum absolute atomic E-state index is 13.3. The van der Waals surface area contributed by atoms with Gasteiger partial charge in [-0.3, -0.25) is 4.99 Å². The number of aromatic amines is 1. The first-order chi connectivity index (χ1) is 13.1. The van der Waals surface area contributed by atoms with Gasteiger partial charge in [-0.05, 0) is 51.0 Å². The van der Waals surface area contributed by atoms with Gasteiger partial charge in [-0.1, -0.05) is 0 Å². The fraction of sp³-hybridized carbons (Fsp3) is 0.400. The van der Waals surface area contributed by atoms with Crippen LogP contribution in [0, 0.1) is 19.7 Å². The molecule has 0 aliphatic rings. The number of thiazole rings is 1. The smallest absolute Gasteiger partial charge is 0.191 e. The molecule has 0 radical (unpaired) electrons. The van der Waals surface area contributed by atoms with Crippen LogP contribution in [0.4, 0.5) is 4.39 Å². The monoisotopic (exact) mass is 387 g/mol. The van der Waals surface area contributed by atoms with Gasteiger partial charge in [-0.15, -0.1) is 11.3 Å². The average Bonchev–Trinajstić information content (AvgIpc) is 3.17. The van der Waals surface area contributed by atoms with E-state index < -0.39 is 0 Å². The average molecular weight is 388 g/mol. The fourth-order valence-electron chi connectivity index (χ4n) is 2.93. The van der Waals surface area contributed by atoms with E-state index in [0.29, 0.717) is 6.54 Å². The zero-order valence-electron chi connectivity index (χ0n) is 16.0. The van der Waals surface area contributed by atoms with Crippen molar-refractivity contribution in [2.45, 2.75) is 33.6 Å². The Hall–Kier alpha value is -2.41. The first-order valence-corrected chi connectivity index (χ1v) is 10.1. The molecule has 27 heavy (non-hydrogen) atoms. The Labute approximate surface area is 163 Å². The van der Waals surface area contributed by atoms with E-state index in [1.807, 2.05) is 19.2 Å². The Balaban J connectivity index is 1.54. The van der Waals surface area contributed by atoms with Crippen LogP contribution >= 0.6 is 11.3 Å². The predicted octanol–water partition coefficient (Wildman–Crippen LogP) is 3.72. The molecule has 5 nitrogen and oxygen atoms in total. The van der Waals surface area contributed by atoms with Crippen LogP contribution in [0.2, 0.25) is 0 Å². The van der Waals surface area contributed by atoms with Crippen LogP contribution in [0.5, 0.6) is 0 Å². The highest BCUT2D eigenvalue weighted by molar-refractivity contribution is 7.11. The van der Waals surface area contributed by atoms with E-state index >= 15 is 0 Å². The molecule has 0 spiro atoms. The molecule has 0 unspecified atom stereocenters. The number of aromatic nitrogens is 2. The lowest BCUT2D eigenvalue weighted by molar-refractivity contribution is 0.629. The number of aliphatic imine (C=N–C) groups is 1. The molecule has 2 aromatic heterocycles. The molecule has 0 fully saturated rings. The van der Waals surface area contributed by atoms with Crippen molar-refractivity contribution in [3.8, 4) is 0 Å². The van der Waals surface area contributed by atoms with Gasteiger partial charge in [0, 0.05) is 48.0 Å². The zero-order valence-corrected chi connectivity index (χ0v) is 16.8. The van der Waals surface area contributed by atoms with Crippen LogP contribution in [-0.4, -0.2) is 35.6 Å². The molecule has 0 atom stereocenters. The van der Waals surface area contributed by atoms with Crippen LogP contribution in [-0.2, 0) is 12.8 Å². The molecule has 3 aromatic rings. The van der Waals surface area contributed by atoms with E-state index in [0.717, 1.165) is 53.5 Å². The molecule has 0 bridgehead atoms. The number of nitrogens with one attached hydrogen (secondary N) is 3. The molecule has 0 amide bonds. The van der Waals surface area contributed by atoms with E-state index in [9.17, 15) is 4.39 Å². The summed E-state index contributed by atoms with van der Waals surface area (Å²) in [5.41, 5.74) is 3.12. The summed E-state index contributed by atoms with van der Waals surface area (Å²) < 4.78 is 13.3. The van der Waals surface area contributed by atoms with Gasteiger partial charge >= 0.3 is 0 Å². The van der Waals surface area contributed by atoms with Crippen molar-refractivity contribution >= 4 is 28.2 Å². The largest absolute Gasteiger partial charge is 0.361 e. The van der Waals surface area contributed by atoms with Crippen LogP contribution in [0.3, 0.4) is 0 Å². The highest BCUT2D eigenvalue weighted by Crippen LogP contribution is 2.19. The summed E-state index contributed by atoms with van der Waals surface area (Å²) in [6, 6.07) is 4.86. The van der Waals surface area contributed by atoms with Crippen LogP contribution < -0.4 is 10.6 Å². The molecule has 0 aliphatic carbocycles. The fourth-order valence-corrected chi connectivity index (χ4v) is 3.85. The second kappa shape index (κ2) is 8.99. The van der Waals surface area contributed by atoms with Crippen molar-refractivity contribution in [2.24, 2.45) is 4.99 Å². The Morgan fingerprint density at radius 3 is 2.85 bits per heavy atom. The molecule has 0 aliphatic heterocycles. The van der Waals surface area contributed by atoms with E-state index in [1.54, 1.807) is 11.3 Å². The number of benzene rings is 1. The first kappa shape index (κ1) is 19.4. The van der Waals surface area contributed by atoms with Crippen molar-refractivity contribution < 1.29 is 4.39 Å². The van der Waals surface area contributed by atoms with Gasteiger partial charge in [0.05, 0.1) is 10.7 Å². The molecule has 144 valence electrons. The highest BCUT2D eigenvalue weighted by Gasteiger charge is 2.06. The molecule has 3 rings (SSSR count). The molecular formula is C20H26FN5S. The molecule has 3 N–H and O–H groups in total. The number of halogens is 1. The third-order valence-corrected chi connectivity index (χ3v) is 5.56. The maximum Gasteiger partial charge on any atom is 0.191 e. The number of rotatable bonds is 7. The summed E-state index contributed by atoms with van der Waals surface area (Å²) in [7, 11) is 0. The lowest BCUT2D eigenvalue weighted by Gasteiger charge is -2.11. The van der Waals surface area contributed by atoms with Gasteiger partial charge in [0.25, 0.3) is 0 Å². The molecule has 0 saturated heterocycles. The summed E-state index contributed by atoms with van der Waals surface area (Å²) in [6.07, 6.45) is 3.63. The number of hydrogen-bond donors (Lipinski definition) is 3. The minimum Gasteiger partial charge on any atom is -0.361 e. The van der Waals surface area contributed by atoms with E-state index in [1.165, 1.54) is 22.6 Å². The maximum atomic E-state index is 13.3. The number of fused-ring (bicyclic) bond motifs is 1. The van der Waals surface area contributed by atoms with E-state index in [-0.39, 0.29) is 5.82 Å². The summed E-state index contributed by atoms with van der Waals surface area (Å²) in [5.74, 6) is 0.592. The number of nitrogens with zero attached hydrogens (tertiary/aromatic N) is 2. The Morgan fingerprint density at radius 1 is 1.26 bits per heavy atom. The van der Waals surface area contributed by atoms with E-state index in [4.69, 9.17) is 0 Å². The highest BCUT2D eigenvalue weighted by atomic mass is 32.1. The third kappa shape index (κ3) is 5.07. The summed E-state index contributed by atoms with van der Waals surface area (Å²) in [6.45, 7) is 8.47. The first-order valence-electron chi connectivity index (χ1n) is 9.27. The molecule has 1 aromatic carbocycles. The Kier molecular flexibility index (Phi) is 6.45. The molecule has 0 saturated carbocycles. The lowest BCUT2D eigenvalue weighted by atomic mass is 10.1. The van der Waals surface area contributed by atoms with Crippen LogP contribution in [0.1, 0.15) is 28.1 Å². The Morgan fingerprint density at radius 2 is 2.11 bits per heavy atom. The van der Waals surface area contributed by atoms with Crippen molar-refractivity contribution in [1.82, 2.24) is 20.6 Å². The normalized spacial score (nSPS) is 11.9. The number of H-pyrrole nitrogens is 1. The minimum atomic E-state index is -0.221. The lowest BCUT2D eigenvalue weighted by Crippen LogP contribution is -2.38. The van der Waals surface area contributed by atoms with Gasteiger partial charge in [-0.2, -0.15) is 0 Å². The van der Waals surface area contributed by atoms with E-state index in [2.05, 4.69) is 39.4 Å². The van der Waals surface area contributed by atoms with Crippen molar-refractivity contribution in [2.75, 3.05) is 19.6 Å². The van der Waals surface area contributed by atoms with Gasteiger partial charge < -0.3 is 15.6 Å². The number of aryl methyl sites for hydroxylation is 2. The second-order valence-electron chi connectivity index (χ2n) is 6.44. The molecule has 7 heteroatoms. The second-order valence-corrected chi connectivity index (χ2v) is 7.73. The van der Waals surface area contributed by atoms with Crippen molar-refractivity contribution in [1.29, 1.82) is 0 Å². The molecular weight excluding hydrogens is 361 g/mol. The number of guanidine groups is 1. The van der Waals surface area contributed by atoms with Crippen LogP contribution in [0.25, 0.3) is 10.9 Å². The third-order valence-electron chi connectivity index (χ3n) is 4.43. The number of hydrogen-bond acceptors (Lipinski definition) is 3. The topological polar surface area (TPSA) is 65.1 Å². The standard InChI is InChI=1S/C20H26FN5S/c1-4-22-20(24-10-8-19-26-13(2)14(3)27-19)23-9-7-15-12-25-18-11-16(21)5-6-17(15)18/h5-6,11-12,25H,4,7-10H2,1-3H3,(H2,22,23,24). The summed E-state index contributed by atoms with van der Waals surface area (Å²) in [5, 5.41) is 8.85. The zero-order chi connectivity index (χ0) is 19.2. The summed E-state index contributed by atoms with van der Waals surface area (Å²) in [4.78, 5) is 13.6. The summed E-state index contributed by atoms with van der Waals surface area (Å²) >= 11 is 1.75. The SMILES string of the molecule is CCNC(=NCCc1nc(C)c(C)s1)NCCc1c[nH]c2cc(F)ccc12. The molecule has 2 heterocycles. The Bertz CT molecular complexity index is 908. The predicted molar refractivity (Wildman–Crippen MR) is 111 cm³/mol. The van der Waals surface area contributed by atoms with Crippen LogP contribution in [0.15, 0.2) is 29.4 Å². The van der Waals surface area contributed by atoms with Gasteiger partial charge in [0.2, 0.25) is 0 Å². The van der Waals surface area contributed by atoms with Crippen molar-refractivity contribution in [3.05, 3.63) is 51.4 Å². The van der Waals surface area contributed by atoms with Crippen molar-refractivity contribution in [3.63, 3.8) is 0 Å².